The zero-order valence-corrected chi connectivity index (χ0v) is 17.3. The van der Waals surface area contributed by atoms with Crippen LogP contribution in [0.1, 0.15) is 65.0 Å². The third-order valence-corrected chi connectivity index (χ3v) is 5.22. The number of aromatic nitrogens is 2. The summed E-state index contributed by atoms with van der Waals surface area (Å²) < 4.78 is 7.28. The van der Waals surface area contributed by atoms with E-state index in [1.165, 1.54) is 0 Å². The third-order valence-electron chi connectivity index (χ3n) is 5.22. The molecule has 2 heterocycles. The number of ether oxygens (including phenoxy) is 1. The maximum Gasteiger partial charge on any atom is 0.287 e. The fraction of sp³-hybridized carbons (Fsp3) is 0.500. The van der Waals surface area contributed by atoms with Crippen molar-refractivity contribution < 1.29 is 14.3 Å². The summed E-state index contributed by atoms with van der Waals surface area (Å²) in [5.41, 5.74) is 2.29. The van der Waals surface area contributed by atoms with Crippen LogP contribution in [0.15, 0.2) is 24.3 Å². The zero-order chi connectivity index (χ0) is 20.6. The van der Waals surface area contributed by atoms with Gasteiger partial charge in [-0.1, -0.05) is 31.5 Å². The lowest BCUT2D eigenvalue weighted by atomic mass is 10.1. The van der Waals surface area contributed by atoms with E-state index < -0.39 is 0 Å². The summed E-state index contributed by atoms with van der Waals surface area (Å²) in [6, 6.07) is 7.77. The molecule has 7 heteroatoms. The molecule has 7 nitrogen and oxygen atoms in total. The summed E-state index contributed by atoms with van der Waals surface area (Å²) in [5.74, 6) is 0.741. The van der Waals surface area contributed by atoms with Gasteiger partial charge in [0.15, 0.2) is 5.82 Å². The standard InChI is InChI=1S/C22H30N4O3/c1-3-4-13-23-22(28)20-25-19(17-10-7-8-15-26(17)20)21(27)24-14-12-16-9-5-6-11-18(16)29-2/h5-6,9,11H,3-4,7-8,10,12-15H2,1-2H3,(H,23,28)(H,24,27). The Kier molecular flexibility index (Phi) is 7.27. The molecule has 1 aliphatic rings. The molecule has 2 amide bonds. The molecule has 1 aromatic carbocycles. The van der Waals surface area contributed by atoms with Crippen molar-refractivity contribution in [2.24, 2.45) is 0 Å². The predicted octanol–water partition coefficient (Wildman–Crippen LogP) is 2.73. The van der Waals surface area contributed by atoms with E-state index in [1.807, 2.05) is 28.8 Å². The van der Waals surface area contributed by atoms with Gasteiger partial charge in [-0.3, -0.25) is 9.59 Å². The number of rotatable bonds is 9. The maximum absolute atomic E-state index is 12.8. The van der Waals surface area contributed by atoms with E-state index in [1.54, 1.807) is 7.11 Å². The summed E-state index contributed by atoms with van der Waals surface area (Å²) in [7, 11) is 1.64. The van der Waals surface area contributed by atoms with E-state index in [0.29, 0.717) is 31.0 Å². The highest BCUT2D eigenvalue weighted by Gasteiger charge is 2.27. The van der Waals surface area contributed by atoms with E-state index in [2.05, 4.69) is 22.5 Å². The Morgan fingerprint density at radius 2 is 1.93 bits per heavy atom. The molecule has 2 aromatic rings. The molecule has 0 atom stereocenters. The molecule has 2 N–H and O–H groups in total. The molecular formula is C22H30N4O3. The highest BCUT2D eigenvalue weighted by molar-refractivity contribution is 5.97. The minimum atomic E-state index is -0.224. The lowest BCUT2D eigenvalue weighted by molar-refractivity contribution is 0.0937. The smallest absolute Gasteiger partial charge is 0.287 e. The van der Waals surface area contributed by atoms with Gasteiger partial charge < -0.3 is 19.9 Å². The molecule has 0 bridgehead atoms. The molecule has 0 saturated heterocycles. The van der Waals surface area contributed by atoms with E-state index in [-0.39, 0.29) is 11.8 Å². The SMILES string of the molecule is CCCCNC(=O)c1nc(C(=O)NCCc2ccccc2OC)c2n1CCCC2. The molecule has 0 fully saturated rings. The van der Waals surface area contributed by atoms with Gasteiger partial charge in [-0.05, 0) is 43.7 Å². The van der Waals surface area contributed by atoms with Gasteiger partial charge in [0.2, 0.25) is 0 Å². The Morgan fingerprint density at radius 1 is 1.14 bits per heavy atom. The molecule has 0 radical (unpaired) electrons. The monoisotopic (exact) mass is 398 g/mol. The quantitative estimate of drug-likeness (QED) is 0.636. The van der Waals surface area contributed by atoms with Gasteiger partial charge in [-0.15, -0.1) is 0 Å². The van der Waals surface area contributed by atoms with Crippen molar-refractivity contribution in [3.63, 3.8) is 0 Å². The van der Waals surface area contributed by atoms with Gasteiger partial charge in [0, 0.05) is 19.6 Å². The van der Waals surface area contributed by atoms with E-state index >= 15 is 0 Å². The number of imidazole rings is 1. The molecule has 1 aliphatic heterocycles. The van der Waals surface area contributed by atoms with Gasteiger partial charge in [-0.2, -0.15) is 0 Å². The summed E-state index contributed by atoms with van der Waals surface area (Å²) in [5, 5.41) is 5.86. The van der Waals surface area contributed by atoms with Gasteiger partial charge >= 0.3 is 0 Å². The number of para-hydroxylation sites is 1. The average Bonchev–Trinajstić information content (AvgIpc) is 3.14. The first-order chi connectivity index (χ1) is 14.2. The second kappa shape index (κ2) is 10.1. The fourth-order valence-corrected chi connectivity index (χ4v) is 3.66. The molecule has 0 unspecified atom stereocenters. The van der Waals surface area contributed by atoms with Crippen molar-refractivity contribution in [1.29, 1.82) is 0 Å². The Hall–Kier alpha value is -2.83. The predicted molar refractivity (Wildman–Crippen MR) is 111 cm³/mol. The number of nitrogens with one attached hydrogen (secondary N) is 2. The van der Waals surface area contributed by atoms with Crippen molar-refractivity contribution >= 4 is 11.8 Å². The van der Waals surface area contributed by atoms with Crippen LogP contribution in [0.3, 0.4) is 0 Å². The van der Waals surface area contributed by atoms with Crippen molar-refractivity contribution in [2.75, 3.05) is 20.2 Å². The lowest BCUT2D eigenvalue weighted by Gasteiger charge is -2.17. The first-order valence-corrected chi connectivity index (χ1v) is 10.4. The third kappa shape index (κ3) is 4.96. The largest absolute Gasteiger partial charge is 0.496 e. The van der Waals surface area contributed by atoms with Crippen molar-refractivity contribution in [2.45, 2.75) is 52.0 Å². The van der Waals surface area contributed by atoms with Crippen LogP contribution in [0.2, 0.25) is 0 Å². The Balaban J connectivity index is 1.69. The molecule has 0 spiro atoms. The van der Waals surface area contributed by atoms with Crippen LogP contribution < -0.4 is 15.4 Å². The van der Waals surface area contributed by atoms with Gasteiger partial charge in [-0.25, -0.2) is 4.98 Å². The second-order valence-electron chi connectivity index (χ2n) is 7.27. The molecular weight excluding hydrogens is 368 g/mol. The number of hydrogen-bond donors (Lipinski definition) is 2. The van der Waals surface area contributed by atoms with Gasteiger partial charge in [0.25, 0.3) is 11.8 Å². The van der Waals surface area contributed by atoms with E-state index in [9.17, 15) is 9.59 Å². The van der Waals surface area contributed by atoms with Gasteiger partial charge in [0.1, 0.15) is 11.4 Å². The summed E-state index contributed by atoms with van der Waals surface area (Å²) in [4.78, 5) is 29.8. The number of carbonyl (C=O) groups is 2. The molecule has 3 rings (SSSR count). The molecule has 1 aromatic heterocycles. The number of carbonyl (C=O) groups excluding carboxylic acids is 2. The average molecular weight is 399 g/mol. The van der Waals surface area contributed by atoms with Crippen LogP contribution in [-0.2, 0) is 19.4 Å². The van der Waals surface area contributed by atoms with Crippen molar-refractivity contribution in [3.8, 4) is 5.75 Å². The zero-order valence-electron chi connectivity index (χ0n) is 17.3. The van der Waals surface area contributed by atoms with Crippen LogP contribution in [0.25, 0.3) is 0 Å². The Morgan fingerprint density at radius 3 is 2.72 bits per heavy atom. The number of nitrogens with zero attached hydrogens (tertiary/aromatic N) is 2. The van der Waals surface area contributed by atoms with E-state index in [4.69, 9.17) is 4.74 Å². The summed E-state index contributed by atoms with van der Waals surface area (Å²) in [6.07, 6.45) is 5.37. The first-order valence-electron chi connectivity index (χ1n) is 10.4. The van der Waals surface area contributed by atoms with Crippen LogP contribution in [0.5, 0.6) is 5.75 Å². The van der Waals surface area contributed by atoms with Crippen LogP contribution >= 0.6 is 0 Å². The highest BCUT2D eigenvalue weighted by atomic mass is 16.5. The molecule has 29 heavy (non-hydrogen) atoms. The first kappa shape index (κ1) is 20.9. The Bertz CT molecular complexity index is 860. The number of methoxy groups -OCH3 is 1. The second-order valence-corrected chi connectivity index (χ2v) is 7.27. The summed E-state index contributed by atoms with van der Waals surface area (Å²) in [6.45, 7) is 3.91. The van der Waals surface area contributed by atoms with Crippen LogP contribution in [0, 0.1) is 0 Å². The van der Waals surface area contributed by atoms with Crippen LogP contribution in [-0.4, -0.2) is 41.6 Å². The number of fused-ring (bicyclic) bond motifs is 1. The molecule has 0 saturated carbocycles. The lowest BCUT2D eigenvalue weighted by Crippen LogP contribution is -2.28. The summed E-state index contributed by atoms with van der Waals surface area (Å²) >= 11 is 0. The Labute approximate surface area is 171 Å². The van der Waals surface area contributed by atoms with Crippen molar-refractivity contribution in [3.05, 3.63) is 47.0 Å². The number of hydrogen-bond acceptors (Lipinski definition) is 4. The number of benzene rings is 1. The van der Waals surface area contributed by atoms with Crippen molar-refractivity contribution in [1.82, 2.24) is 20.2 Å². The normalized spacial score (nSPS) is 12.9. The van der Waals surface area contributed by atoms with Gasteiger partial charge in [0.05, 0.1) is 12.8 Å². The number of unbranched alkanes of at least 4 members (excludes halogenated alkanes) is 1. The minimum absolute atomic E-state index is 0.199. The molecule has 156 valence electrons. The number of amides is 2. The topological polar surface area (TPSA) is 85.2 Å². The highest BCUT2D eigenvalue weighted by Crippen LogP contribution is 2.21. The maximum atomic E-state index is 12.8. The van der Waals surface area contributed by atoms with E-state index in [0.717, 1.165) is 55.7 Å². The van der Waals surface area contributed by atoms with Crippen LogP contribution in [0.4, 0.5) is 0 Å². The minimum Gasteiger partial charge on any atom is -0.496 e. The molecule has 0 aliphatic carbocycles. The fourth-order valence-electron chi connectivity index (χ4n) is 3.66.